The summed E-state index contributed by atoms with van der Waals surface area (Å²) >= 11 is 0.975. The predicted molar refractivity (Wildman–Crippen MR) is 97.0 cm³/mol. The lowest BCUT2D eigenvalue weighted by atomic mass is 10.0. The van der Waals surface area contributed by atoms with Crippen LogP contribution in [0.4, 0.5) is 5.69 Å². The summed E-state index contributed by atoms with van der Waals surface area (Å²) in [6.07, 6.45) is 3.42. The molecule has 1 unspecified atom stereocenters. The van der Waals surface area contributed by atoms with Gasteiger partial charge in [-0.3, -0.25) is 4.79 Å². The Hall–Kier alpha value is -1.44. The Kier molecular flexibility index (Phi) is 9.59. The van der Waals surface area contributed by atoms with Crippen molar-refractivity contribution in [1.29, 1.82) is 0 Å². The fraction of sp³-hybridized carbons (Fsp3) is 0.588. The van der Waals surface area contributed by atoms with Gasteiger partial charge in [0, 0.05) is 12.6 Å². The predicted octanol–water partition coefficient (Wildman–Crippen LogP) is 3.81. The van der Waals surface area contributed by atoms with E-state index in [0.717, 1.165) is 31.3 Å². The average molecular weight is 356 g/mol. The number of nitrogens with one attached hydrogen (secondary N) is 1. The van der Waals surface area contributed by atoms with E-state index in [2.05, 4.69) is 19.2 Å². The highest BCUT2D eigenvalue weighted by Gasteiger charge is 2.17. The number of anilines is 1. The zero-order valence-corrected chi connectivity index (χ0v) is 15.7. The minimum Gasteiger partial charge on any atom is -0.496 e. The van der Waals surface area contributed by atoms with Crippen LogP contribution in [0.3, 0.4) is 0 Å². The molecule has 7 heteroatoms. The maximum Gasteiger partial charge on any atom is 0.255 e. The largest absolute Gasteiger partial charge is 0.496 e. The Morgan fingerprint density at radius 3 is 2.75 bits per heavy atom. The van der Waals surface area contributed by atoms with Crippen LogP contribution in [0.1, 0.15) is 50.4 Å². The maximum atomic E-state index is 12.5. The Morgan fingerprint density at radius 1 is 1.38 bits per heavy atom. The number of amides is 1. The topological polar surface area (TPSA) is 82.8 Å². The number of ether oxygens (including phenoxy) is 1. The minimum absolute atomic E-state index is 0.187. The highest BCUT2D eigenvalue weighted by atomic mass is 32.2. The summed E-state index contributed by atoms with van der Waals surface area (Å²) in [5, 5.41) is 2.96. The van der Waals surface area contributed by atoms with Crippen molar-refractivity contribution in [2.24, 2.45) is 5.92 Å². The molecule has 0 aliphatic rings. The van der Waals surface area contributed by atoms with Crippen molar-refractivity contribution in [2.45, 2.75) is 44.9 Å². The van der Waals surface area contributed by atoms with Gasteiger partial charge in [-0.2, -0.15) is 4.33 Å². The lowest BCUT2D eigenvalue weighted by Gasteiger charge is -2.15. The van der Waals surface area contributed by atoms with E-state index in [9.17, 15) is 4.79 Å². The Bertz CT molecular complexity index is 526. The van der Waals surface area contributed by atoms with E-state index in [4.69, 9.17) is 19.7 Å². The van der Waals surface area contributed by atoms with Gasteiger partial charge < -0.3 is 15.8 Å². The second-order valence-corrected chi connectivity index (χ2v) is 6.35. The van der Waals surface area contributed by atoms with Crippen molar-refractivity contribution in [2.75, 3.05) is 26.0 Å². The summed E-state index contributed by atoms with van der Waals surface area (Å²) in [6, 6.07) is 3.27. The minimum atomic E-state index is -0.187. The van der Waals surface area contributed by atoms with Gasteiger partial charge in [-0.25, -0.2) is 4.89 Å². The summed E-state index contributed by atoms with van der Waals surface area (Å²) in [5.74, 6) is 0.684. The van der Waals surface area contributed by atoms with Crippen LogP contribution in [0.2, 0.25) is 0 Å². The number of nitrogen functional groups attached to an aromatic ring is 1. The van der Waals surface area contributed by atoms with Crippen molar-refractivity contribution in [3.8, 4) is 5.75 Å². The van der Waals surface area contributed by atoms with Crippen molar-refractivity contribution in [3.63, 3.8) is 0 Å². The molecule has 3 N–H and O–H groups in total. The molecule has 0 aliphatic carbocycles. The summed E-state index contributed by atoms with van der Waals surface area (Å²) in [6.45, 7) is 7.16. The molecule has 0 aliphatic heterocycles. The van der Waals surface area contributed by atoms with Crippen molar-refractivity contribution in [3.05, 3.63) is 17.7 Å². The normalized spacial score (nSPS) is 12.0. The van der Waals surface area contributed by atoms with Crippen LogP contribution in [-0.4, -0.2) is 26.2 Å². The van der Waals surface area contributed by atoms with Gasteiger partial charge >= 0.3 is 0 Å². The Labute approximate surface area is 148 Å². The molecule has 0 saturated carbocycles. The first-order valence-electron chi connectivity index (χ1n) is 8.25. The molecule has 0 fully saturated rings. The fourth-order valence-corrected chi connectivity index (χ4v) is 2.66. The van der Waals surface area contributed by atoms with Crippen molar-refractivity contribution in [1.82, 2.24) is 5.32 Å². The summed E-state index contributed by atoms with van der Waals surface area (Å²) in [4.78, 5) is 17.9. The number of hydrogen-bond acceptors (Lipinski definition) is 6. The van der Waals surface area contributed by atoms with Gasteiger partial charge in [0.05, 0.1) is 41.9 Å². The molecule has 0 radical (unpaired) electrons. The van der Waals surface area contributed by atoms with Crippen LogP contribution in [0, 0.1) is 5.92 Å². The third-order valence-electron chi connectivity index (χ3n) is 3.53. The van der Waals surface area contributed by atoms with Gasteiger partial charge in [0.2, 0.25) is 0 Å². The van der Waals surface area contributed by atoms with E-state index >= 15 is 0 Å². The summed E-state index contributed by atoms with van der Waals surface area (Å²) in [5.41, 5.74) is 6.85. The number of benzene rings is 1. The average Bonchev–Trinajstić information content (AvgIpc) is 2.58. The molecule has 0 saturated heterocycles. The molecule has 0 bridgehead atoms. The Morgan fingerprint density at radius 2 is 2.12 bits per heavy atom. The monoisotopic (exact) mass is 356 g/mol. The quantitative estimate of drug-likeness (QED) is 0.206. The maximum absolute atomic E-state index is 12.5. The number of nitrogens with two attached hydrogens (primary N) is 1. The van der Waals surface area contributed by atoms with E-state index in [1.807, 2.05) is 6.92 Å². The zero-order chi connectivity index (χ0) is 17.9. The molecule has 6 nitrogen and oxygen atoms in total. The second kappa shape index (κ2) is 11.2. The molecule has 0 spiro atoms. The van der Waals surface area contributed by atoms with E-state index in [1.54, 1.807) is 12.1 Å². The van der Waals surface area contributed by atoms with Gasteiger partial charge in [0.15, 0.2) is 0 Å². The molecule has 136 valence electrons. The number of carbonyl (C=O) groups excluding carboxylic acids is 1. The van der Waals surface area contributed by atoms with Crippen molar-refractivity contribution >= 4 is 23.6 Å². The van der Waals surface area contributed by atoms with E-state index in [0.29, 0.717) is 41.0 Å². The fourth-order valence-electron chi connectivity index (χ4n) is 2.12. The Balaban J connectivity index is 2.79. The first kappa shape index (κ1) is 20.6. The molecular weight excluding hydrogens is 328 g/mol. The van der Waals surface area contributed by atoms with Crippen LogP contribution < -0.4 is 15.8 Å². The number of unbranched alkanes of at least 4 members (excludes halogenated alkanes) is 1. The van der Waals surface area contributed by atoms with E-state index in [-0.39, 0.29) is 5.91 Å². The molecular formula is C17H28N2O4S. The van der Waals surface area contributed by atoms with Gasteiger partial charge in [-0.1, -0.05) is 26.7 Å². The third-order valence-corrected chi connectivity index (χ3v) is 4.23. The van der Waals surface area contributed by atoms with Gasteiger partial charge in [-0.15, -0.1) is 0 Å². The lowest BCUT2D eigenvalue weighted by molar-refractivity contribution is -0.185. The SMILES string of the molecule is CCCCC(C)CNC(=O)c1cc(SOOCC)c(N)cc1OC. The van der Waals surface area contributed by atoms with Crippen LogP contribution in [0.25, 0.3) is 0 Å². The van der Waals surface area contributed by atoms with Crippen LogP contribution in [0.5, 0.6) is 5.75 Å². The molecule has 24 heavy (non-hydrogen) atoms. The molecule has 1 atom stereocenters. The molecule has 1 amide bonds. The summed E-state index contributed by atoms with van der Waals surface area (Å²) in [7, 11) is 1.51. The number of carbonyl (C=O) groups is 1. The van der Waals surface area contributed by atoms with Crippen LogP contribution in [-0.2, 0) is 9.22 Å². The third kappa shape index (κ3) is 6.59. The zero-order valence-electron chi connectivity index (χ0n) is 14.9. The standard InChI is InChI=1S/C17H28N2O4S/c1-5-7-8-12(3)11-19-17(20)13-9-16(24-23-22-6-2)14(18)10-15(13)21-4/h9-10,12H,5-8,11,18H2,1-4H3,(H,19,20). The number of methoxy groups -OCH3 is 1. The molecule has 1 aromatic rings. The first-order chi connectivity index (χ1) is 11.5. The van der Waals surface area contributed by atoms with Gasteiger partial charge in [-0.05, 0) is 25.3 Å². The molecule has 0 heterocycles. The molecule has 0 aromatic heterocycles. The van der Waals surface area contributed by atoms with E-state index < -0.39 is 0 Å². The lowest BCUT2D eigenvalue weighted by Crippen LogP contribution is -2.28. The van der Waals surface area contributed by atoms with Crippen LogP contribution >= 0.6 is 12.0 Å². The highest BCUT2D eigenvalue weighted by Crippen LogP contribution is 2.32. The van der Waals surface area contributed by atoms with Gasteiger partial charge in [0.25, 0.3) is 5.91 Å². The van der Waals surface area contributed by atoms with Crippen LogP contribution in [0.15, 0.2) is 17.0 Å². The molecule has 1 rings (SSSR count). The highest BCUT2D eigenvalue weighted by molar-refractivity contribution is 7.94. The van der Waals surface area contributed by atoms with E-state index in [1.165, 1.54) is 7.11 Å². The smallest absolute Gasteiger partial charge is 0.255 e. The number of hydrogen-bond donors (Lipinski definition) is 2. The number of rotatable bonds is 11. The first-order valence-corrected chi connectivity index (χ1v) is 8.99. The van der Waals surface area contributed by atoms with Crippen molar-refractivity contribution < 1.29 is 18.8 Å². The van der Waals surface area contributed by atoms with Gasteiger partial charge in [0.1, 0.15) is 5.75 Å². The molecule has 1 aromatic carbocycles. The summed E-state index contributed by atoms with van der Waals surface area (Å²) < 4.78 is 10.2. The second-order valence-electron chi connectivity index (χ2n) is 5.61.